The Hall–Kier alpha value is -2.49. The summed E-state index contributed by atoms with van der Waals surface area (Å²) >= 11 is 0. The fourth-order valence-electron chi connectivity index (χ4n) is 2.29. The van der Waals surface area contributed by atoms with Crippen LogP contribution in [0.4, 0.5) is 11.4 Å². The van der Waals surface area contributed by atoms with Crippen molar-refractivity contribution in [3.63, 3.8) is 0 Å². The van der Waals surface area contributed by atoms with Crippen LogP contribution < -0.4 is 15.4 Å². The summed E-state index contributed by atoms with van der Waals surface area (Å²) in [7, 11) is 3.31. The smallest absolute Gasteiger partial charge is 0.260 e. The number of amides is 1. The third-order valence-electron chi connectivity index (χ3n) is 3.39. The van der Waals surface area contributed by atoms with Crippen molar-refractivity contribution in [1.29, 1.82) is 0 Å². The molecule has 0 bridgehead atoms. The van der Waals surface area contributed by atoms with E-state index in [1.165, 1.54) is 0 Å². The summed E-state index contributed by atoms with van der Waals surface area (Å²) in [6, 6.07) is 11.1. The third kappa shape index (κ3) is 3.16. The number of methoxy groups -OCH3 is 1. The van der Waals surface area contributed by atoms with Gasteiger partial charge in [0.25, 0.3) is 5.91 Å². The summed E-state index contributed by atoms with van der Waals surface area (Å²) in [6.07, 6.45) is 0. The molecule has 2 N–H and O–H groups in total. The number of nitrogen functional groups attached to an aromatic ring is 1. The zero-order valence-electron chi connectivity index (χ0n) is 12.8. The fourth-order valence-corrected chi connectivity index (χ4v) is 2.29. The largest absolute Gasteiger partial charge is 0.497 e. The van der Waals surface area contributed by atoms with E-state index in [9.17, 15) is 4.79 Å². The predicted molar refractivity (Wildman–Crippen MR) is 86.1 cm³/mol. The van der Waals surface area contributed by atoms with Gasteiger partial charge in [-0.05, 0) is 55.3 Å². The highest BCUT2D eigenvalue weighted by atomic mass is 16.5. The molecule has 0 aromatic heterocycles. The summed E-state index contributed by atoms with van der Waals surface area (Å²) in [5, 5.41) is 0. The van der Waals surface area contributed by atoms with E-state index in [0.717, 1.165) is 16.8 Å². The number of nitrogens with zero attached hydrogens (tertiary/aromatic N) is 1. The zero-order valence-corrected chi connectivity index (χ0v) is 12.8. The van der Waals surface area contributed by atoms with Crippen LogP contribution >= 0.6 is 0 Å². The Morgan fingerprint density at radius 3 is 2.29 bits per heavy atom. The van der Waals surface area contributed by atoms with Gasteiger partial charge in [0.1, 0.15) is 5.75 Å². The van der Waals surface area contributed by atoms with E-state index in [1.54, 1.807) is 37.3 Å². The first kappa shape index (κ1) is 14.9. The van der Waals surface area contributed by atoms with Crippen molar-refractivity contribution in [2.24, 2.45) is 0 Å². The Morgan fingerprint density at radius 2 is 1.71 bits per heavy atom. The summed E-state index contributed by atoms with van der Waals surface area (Å²) < 4.78 is 5.16. The van der Waals surface area contributed by atoms with Crippen molar-refractivity contribution >= 4 is 17.3 Å². The number of rotatable bonds is 3. The molecule has 110 valence electrons. The van der Waals surface area contributed by atoms with E-state index in [0.29, 0.717) is 17.0 Å². The highest BCUT2D eigenvalue weighted by Crippen LogP contribution is 2.24. The number of carbonyl (C=O) groups is 1. The van der Waals surface area contributed by atoms with Gasteiger partial charge in [0.05, 0.1) is 12.7 Å². The molecule has 0 saturated heterocycles. The summed E-state index contributed by atoms with van der Waals surface area (Å²) in [5.41, 5.74) is 9.88. The molecule has 2 rings (SSSR count). The van der Waals surface area contributed by atoms with Gasteiger partial charge in [-0.15, -0.1) is 0 Å². The first-order chi connectivity index (χ1) is 9.92. The van der Waals surface area contributed by atoms with Crippen LogP contribution in [0.5, 0.6) is 5.75 Å². The molecule has 0 fully saturated rings. The maximum absolute atomic E-state index is 12.6. The van der Waals surface area contributed by atoms with Gasteiger partial charge in [0.15, 0.2) is 0 Å². The highest BCUT2D eigenvalue weighted by molar-refractivity contribution is 6.09. The Balaban J connectivity index is 2.39. The van der Waals surface area contributed by atoms with E-state index >= 15 is 0 Å². The maximum Gasteiger partial charge on any atom is 0.260 e. The number of benzene rings is 2. The van der Waals surface area contributed by atoms with Crippen LogP contribution in [0.2, 0.25) is 0 Å². The molecule has 0 atom stereocenters. The Kier molecular flexibility index (Phi) is 4.17. The lowest BCUT2D eigenvalue weighted by Gasteiger charge is -2.20. The summed E-state index contributed by atoms with van der Waals surface area (Å²) in [4.78, 5) is 14.2. The molecule has 2 aromatic carbocycles. The molecular weight excluding hydrogens is 264 g/mol. The summed E-state index contributed by atoms with van der Waals surface area (Å²) in [5.74, 6) is 0.456. The first-order valence-electron chi connectivity index (χ1n) is 6.72. The van der Waals surface area contributed by atoms with Gasteiger partial charge in [-0.25, -0.2) is 0 Å². The van der Waals surface area contributed by atoms with Gasteiger partial charge in [0, 0.05) is 18.4 Å². The number of anilines is 2. The molecule has 4 heteroatoms. The lowest BCUT2D eigenvalue weighted by molar-refractivity contribution is 0.0993. The van der Waals surface area contributed by atoms with E-state index in [2.05, 4.69) is 6.07 Å². The average molecular weight is 284 g/mol. The Morgan fingerprint density at radius 1 is 1.10 bits per heavy atom. The lowest BCUT2D eigenvalue weighted by atomic mass is 10.1. The molecule has 0 unspecified atom stereocenters. The van der Waals surface area contributed by atoms with Crippen LogP contribution in [-0.2, 0) is 0 Å². The molecule has 0 saturated carbocycles. The zero-order chi connectivity index (χ0) is 15.6. The molecule has 0 aliphatic rings. The normalized spacial score (nSPS) is 10.3. The van der Waals surface area contributed by atoms with Gasteiger partial charge in [0.2, 0.25) is 0 Å². The molecule has 0 radical (unpaired) electrons. The van der Waals surface area contributed by atoms with Gasteiger partial charge in [-0.1, -0.05) is 6.07 Å². The minimum Gasteiger partial charge on any atom is -0.497 e. The number of hydrogen-bond donors (Lipinski definition) is 1. The molecule has 0 heterocycles. The molecule has 1 amide bonds. The van der Waals surface area contributed by atoms with Crippen molar-refractivity contribution < 1.29 is 9.53 Å². The average Bonchev–Trinajstić information content (AvgIpc) is 2.45. The number of nitrogens with two attached hydrogens (primary N) is 1. The number of hydrogen-bond acceptors (Lipinski definition) is 3. The van der Waals surface area contributed by atoms with Crippen molar-refractivity contribution in [3.8, 4) is 5.75 Å². The summed E-state index contributed by atoms with van der Waals surface area (Å²) in [6.45, 7) is 4.02. The van der Waals surface area contributed by atoms with Crippen LogP contribution in [0.25, 0.3) is 0 Å². The fraction of sp³-hybridized carbons (Fsp3) is 0.235. The number of carbonyl (C=O) groups excluding carboxylic acids is 1. The van der Waals surface area contributed by atoms with Crippen molar-refractivity contribution in [1.82, 2.24) is 0 Å². The lowest BCUT2D eigenvalue weighted by Crippen LogP contribution is -2.27. The third-order valence-corrected chi connectivity index (χ3v) is 3.39. The molecule has 21 heavy (non-hydrogen) atoms. The molecule has 0 aliphatic carbocycles. The molecule has 4 nitrogen and oxygen atoms in total. The van der Waals surface area contributed by atoms with Gasteiger partial charge < -0.3 is 15.4 Å². The van der Waals surface area contributed by atoms with Gasteiger partial charge in [-0.3, -0.25) is 4.79 Å². The second-order valence-electron chi connectivity index (χ2n) is 5.16. The van der Waals surface area contributed by atoms with Gasteiger partial charge in [-0.2, -0.15) is 0 Å². The molecule has 0 spiro atoms. The van der Waals surface area contributed by atoms with Crippen LogP contribution in [0.3, 0.4) is 0 Å². The molecule has 0 aliphatic heterocycles. The minimum atomic E-state index is -0.156. The Labute approximate surface area is 125 Å². The Bertz CT molecular complexity index is 660. The van der Waals surface area contributed by atoms with Crippen molar-refractivity contribution in [2.75, 3.05) is 24.8 Å². The molecular formula is C17H20N2O2. The maximum atomic E-state index is 12.6. The SMILES string of the molecule is COc1ccc(N)c(C(=O)N(C)c2cc(C)cc(C)c2)c1. The second-order valence-corrected chi connectivity index (χ2v) is 5.16. The number of ether oxygens (including phenoxy) is 1. The van der Waals surface area contributed by atoms with Crippen LogP contribution in [-0.4, -0.2) is 20.1 Å². The van der Waals surface area contributed by atoms with E-state index in [-0.39, 0.29) is 5.91 Å². The monoisotopic (exact) mass is 284 g/mol. The van der Waals surface area contributed by atoms with Crippen LogP contribution in [0.15, 0.2) is 36.4 Å². The predicted octanol–water partition coefficient (Wildman–Crippen LogP) is 3.17. The van der Waals surface area contributed by atoms with Crippen molar-refractivity contribution in [3.05, 3.63) is 53.1 Å². The molecule has 2 aromatic rings. The van der Waals surface area contributed by atoms with E-state index in [4.69, 9.17) is 10.5 Å². The minimum absolute atomic E-state index is 0.156. The van der Waals surface area contributed by atoms with E-state index in [1.807, 2.05) is 26.0 Å². The van der Waals surface area contributed by atoms with Crippen LogP contribution in [0.1, 0.15) is 21.5 Å². The van der Waals surface area contributed by atoms with Crippen LogP contribution in [0, 0.1) is 13.8 Å². The highest BCUT2D eigenvalue weighted by Gasteiger charge is 2.17. The first-order valence-corrected chi connectivity index (χ1v) is 6.72. The van der Waals surface area contributed by atoms with E-state index < -0.39 is 0 Å². The van der Waals surface area contributed by atoms with Crippen molar-refractivity contribution in [2.45, 2.75) is 13.8 Å². The topological polar surface area (TPSA) is 55.6 Å². The van der Waals surface area contributed by atoms with Gasteiger partial charge >= 0.3 is 0 Å². The number of aryl methyl sites for hydroxylation is 2. The quantitative estimate of drug-likeness (QED) is 0.881. The standard InChI is InChI=1S/C17H20N2O2/c1-11-7-12(2)9-13(8-11)19(3)17(20)15-10-14(21-4)5-6-16(15)18/h5-10H,18H2,1-4H3. The second kappa shape index (κ2) is 5.87.